The van der Waals surface area contributed by atoms with E-state index in [4.69, 9.17) is 4.74 Å². The maximum atomic E-state index is 12.8. The van der Waals surface area contributed by atoms with E-state index in [1.165, 1.54) is 45.4 Å². The molecule has 4 heteroatoms. The van der Waals surface area contributed by atoms with Crippen LogP contribution in [0.4, 0.5) is 0 Å². The van der Waals surface area contributed by atoms with Gasteiger partial charge in [-0.05, 0) is 75.9 Å². The highest BCUT2D eigenvalue weighted by Crippen LogP contribution is 2.54. The summed E-state index contributed by atoms with van der Waals surface area (Å²) in [6.45, 7) is 16.3. The average Bonchev–Trinajstić information content (AvgIpc) is 2.87. The Morgan fingerprint density at radius 2 is 1.45 bits per heavy atom. The third-order valence-electron chi connectivity index (χ3n) is 8.57. The van der Waals surface area contributed by atoms with Gasteiger partial charge in [0.2, 0.25) is 0 Å². The Morgan fingerprint density at radius 1 is 0.939 bits per heavy atom. The van der Waals surface area contributed by atoms with Gasteiger partial charge in [-0.25, -0.2) is 0 Å². The molecule has 1 N–H and O–H groups in total. The molecule has 0 aromatic heterocycles. The Hall–Kier alpha value is -1.00. The smallest absolute Gasteiger partial charge is 0.193 e. The van der Waals surface area contributed by atoms with Crippen molar-refractivity contribution in [2.75, 3.05) is 0 Å². The van der Waals surface area contributed by atoms with E-state index in [9.17, 15) is 14.7 Å². The van der Waals surface area contributed by atoms with Gasteiger partial charge in [-0.15, -0.1) is 0 Å². The molecular weight excluding hydrogens is 412 g/mol. The van der Waals surface area contributed by atoms with Crippen molar-refractivity contribution in [3.63, 3.8) is 0 Å². The van der Waals surface area contributed by atoms with Gasteiger partial charge in [-0.2, -0.15) is 0 Å². The summed E-state index contributed by atoms with van der Waals surface area (Å²) in [5.41, 5.74) is -2.70. The molecule has 1 aliphatic heterocycles. The maximum absolute atomic E-state index is 12.8. The van der Waals surface area contributed by atoms with Crippen molar-refractivity contribution >= 4 is 11.6 Å². The van der Waals surface area contributed by atoms with Crippen LogP contribution in [-0.2, 0) is 14.3 Å². The van der Waals surface area contributed by atoms with Crippen molar-refractivity contribution in [2.24, 2.45) is 17.8 Å². The van der Waals surface area contributed by atoms with E-state index in [1.807, 2.05) is 6.92 Å². The van der Waals surface area contributed by atoms with E-state index in [0.717, 1.165) is 31.1 Å². The van der Waals surface area contributed by atoms with E-state index in [0.29, 0.717) is 23.5 Å². The molecule has 2 rings (SSSR count). The third kappa shape index (κ3) is 5.99. The van der Waals surface area contributed by atoms with Gasteiger partial charge >= 0.3 is 0 Å². The second-order valence-corrected chi connectivity index (χ2v) is 12.1. The number of hydrogen-bond donors (Lipinski definition) is 1. The molecule has 0 radical (unpaired) electrons. The largest absolute Gasteiger partial charge is 0.378 e. The number of ketones is 2. The maximum Gasteiger partial charge on any atom is 0.193 e. The molecule has 0 aromatic carbocycles. The molecule has 2 aliphatic rings. The van der Waals surface area contributed by atoms with E-state index < -0.39 is 16.8 Å². The number of carbonyl (C=O) groups is 2. The SMILES string of the molecule is CC(=O)[C@]12O[C@](C)(CCC[C@H](C)CCC[C@H](C)CCCC(C)C)CC[C@@]1(O)C(=O)C(C)=C2C. The van der Waals surface area contributed by atoms with Gasteiger partial charge in [-0.1, -0.05) is 79.1 Å². The van der Waals surface area contributed by atoms with E-state index in [-0.39, 0.29) is 18.0 Å². The summed E-state index contributed by atoms with van der Waals surface area (Å²) in [5.74, 6) is 1.69. The van der Waals surface area contributed by atoms with Crippen LogP contribution in [0.1, 0.15) is 126 Å². The molecule has 1 fully saturated rings. The van der Waals surface area contributed by atoms with Gasteiger partial charge in [0.1, 0.15) is 0 Å². The summed E-state index contributed by atoms with van der Waals surface area (Å²) in [6, 6.07) is 0. The highest BCUT2D eigenvalue weighted by molar-refractivity contribution is 6.13. The lowest BCUT2D eigenvalue weighted by Gasteiger charge is -2.51. The molecule has 190 valence electrons. The Kier molecular flexibility index (Phi) is 9.55. The molecule has 0 unspecified atom stereocenters. The number of aliphatic hydroxyl groups is 1. The lowest BCUT2D eigenvalue weighted by Crippen LogP contribution is -2.67. The fraction of sp³-hybridized carbons (Fsp3) is 0.862. The molecule has 5 atom stereocenters. The molecule has 0 aromatic rings. The first kappa shape index (κ1) is 28.2. The van der Waals surface area contributed by atoms with E-state index in [2.05, 4.69) is 27.7 Å². The van der Waals surface area contributed by atoms with Gasteiger partial charge in [0.15, 0.2) is 22.8 Å². The topological polar surface area (TPSA) is 63.6 Å². The van der Waals surface area contributed by atoms with Gasteiger partial charge in [-0.3, -0.25) is 9.59 Å². The third-order valence-corrected chi connectivity index (χ3v) is 8.57. The summed E-state index contributed by atoms with van der Waals surface area (Å²) >= 11 is 0. The predicted octanol–water partition coefficient (Wildman–Crippen LogP) is 6.97. The standard InChI is InChI=1S/C29H50O4/c1-20(2)12-9-13-21(3)14-10-15-22(4)16-11-17-27(8)18-19-28(32)26(31)23(5)24(6)29(28,33-27)25(7)30/h20-22,32H,9-19H2,1-8H3/t21-,22-,27-,28-,29+/m1/s1. The van der Waals surface area contributed by atoms with Gasteiger partial charge in [0.25, 0.3) is 0 Å². The highest BCUT2D eigenvalue weighted by Gasteiger charge is 2.69. The second-order valence-electron chi connectivity index (χ2n) is 12.1. The number of ether oxygens (including phenoxy) is 1. The molecule has 1 saturated heterocycles. The average molecular weight is 463 g/mol. The van der Waals surface area contributed by atoms with Crippen molar-refractivity contribution in [3.8, 4) is 0 Å². The number of hydrogen-bond acceptors (Lipinski definition) is 4. The zero-order valence-electron chi connectivity index (χ0n) is 22.7. The van der Waals surface area contributed by atoms with Gasteiger partial charge < -0.3 is 9.84 Å². The highest BCUT2D eigenvalue weighted by atomic mass is 16.5. The molecular formula is C29H50O4. The van der Waals surface area contributed by atoms with Gasteiger partial charge in [0.05, 0.1) is 5.60 Å². The predicted molar refractivity (Wildman–Crippen MR) is 135 cm³/mol. The van der Waals surface area contributed by atoms with Crippen molar-refractivity contribution in [1.29, 1.82) is 0 Å². The fourth-order valence-corrected chi connectivity index (χ4v) is 6.14. The van der Waals surface area contributed by atoms with Crippen LogP contribution in [0.2, 0.25) is 0 Å². The van der Waals surface area contributed by atoms with Crippen molar-refractivity contribution in [3.05, 3.63) is 11.1 Å². The molecule has 0 amide bonds. The van der Waals surface area contributed by atoms with Crippen LogP contribution in [0.5, 0.6) is 0 Å². The minimum Gasteiger partial charge on any atom is -0.378 e. The summed E-state index contributed by atoms with van der Waals surface area (Å²) in [4.78, 5) is 25.6. The Balaban J connectivity index is 1.84. The van der Waals surface area contributed by atoms with Crippen LogP contribution >= 0.6 is 0 Å². The lowest BCUT2D eigenvalue weighted by molar-refractivity contribution is -0.238. The first-order valence-corrected chi connectivity index (χ1v) is 13.5. The van der Waals surface area contributed by atoms with Crippen LogP contribution in [0.25, 0.3) is 0 Å². The monoisotopic (exact) mass is 462 g/mol. The number of fused-ring (bicyclic) bond motifs is 1. The Morgan fingerprint density at radius 3 is 1.97 bits per heavy atom. The summed E-state index contributed by atoms with van der Waals surface area (Å²) in [7, 11) is 0. The minimum absolute atomic E-state index is 0.269. The number of Topliss-reactive ketones (excluding diaryl/α,β-unsaturated/α-hetero) is 2. The molecule has 0 spiro atoms. The quantitative estimate of drug-likeness (QED) is 0.321. The molecule has 1 aliphatic carbocycles. The zero-order valence-corrected chi connectivity index (χ0v) is 22.7. The normalized spacial score (nSPS) is 31.8. The van der Waals surface area contributed by atoms with E-state index in [1.54, 1.807) is 13.8 Å². The van der Waals surface area contributed by atoms with Crippen LogP contribution in [0, 0.1) is 17.8 Å². The van der Waals surface area contributed by atoms with Crippen molar-refractivity contribution < 1.29 is 19.4 Å². The van der Waals surface area contributed by atoms with E-state index >= 15 is 0 Å². The lowest BCUT2D eigenvalue weighted by atomic mass is 9.70. The minimum atomic E-state index is -1.74. The molecule has 0 saturated carbocycles. The zero-order chi connectivity index (χ0) is 25.0. The Labute approximate surface area is 202 Å². The number of carbonyl (C=O) groups excluding carboxylic acids is 2. The fourth-order valence-electron chi connectivity index (χ4n) is 6.14. The first-order valence-electron chi connectivity index (χ1n) is 13.5. The molecule has 4 nitrogen and oxygen atoms in total. The summed E-state index contributed by atoms with van der Waals surface area (Å²) in [6.07, 6.45) is 11.8. The van der Waals surface area contributed by atoms with Crippen molar-refractivity contribution in [1.82, 2.24) is 0 Å². The molecule has 1 heterocycles. The molecule has 33 heavy (non-hydrogen) atoms. The summed E-state index contributed by atoms with van der Waals surface area (Å²) in [5, 5.41) is 11.3. The van der Waals surface area contributed by atoms with Crippen LogP contribution in [0.15, 0.2) is 11.1 Å². The molecule has 0 bridgehead atoms. The Bertz CT molecular complexity index is 738. The van der Waals surface area contributed by atoms with Crippen molar-refractivity contribution in [2.45, 2.75) is 143 Å². The first-order chi connectivity index (χ1) is 15.3. The van der Waals surface area contributed by atoms with Crippen LogP contribution in [0.3, 0.4) is 0 Å². The second kappa shape index (κ2) is 11.2. The van der Waals surface area contributed by atoms with Crippen LogP contribution in [-0.4, -0.2) is 33.5 Å². The summed E-state index contributed by atoms with van der Waals surface area (Å²) < 4.78 is 6.47. The van der Waals surface area contributed by atoms with Crippen LogP contribution < -0.4 is 0 Å². The van der Waals surface area contributed by atoms with Gasteiger partial charge in [0, 0.05) is 0 Å². The number of rotatable bonds is 13.